The third kappa shape index (κ3) is 7.67. The van der Waals surface area contributed by atoms with Crippen LogP contribution in [0, 0.1) is 3.57 Å². The molecular formula is C19H21FINO4. The van der Waals surface area contributed by atoms with Crippen molar-refractivity contribution >= 4 is 34.7 Å². The van der Waals surface area contributed by atoms with Crippen molar-refractivity contribution < 1.29 is 23.7 Å². The highest BCUT2D eigenvalue weighted by Gasteiger charge is 2.03. The number of aromatic nitrogens is 1. The fraction of sp³-hybridized carbons (Fsp3) is 0.316. The molecule has 0 amide bonds. The summed E-state index contributed by atoms with van der Waals surface area (Å²) in [6, 6.07) is 8.95. The van der Waals surface area contributed by atoms with Gasteiger partial charge in [-0.3, -0.25) is 0 Å². The zero-order valence-corrected chi connectivity index (χ0v) is 16.4. The summed E-state index contributed by atoms with van der Waals surface area (Å²) in [5.74, 6) is 0.806. The van der Waals surface area contributed by atoms with E-state index in [-0.39, 0.29) is 12.4 Å². The average molecular weight is 473 g/mol. The van der Waals surface area contributed by atoms with Gasteiger partial charge in [0, 0.05) is 6.20 Å². The molecule has 5 nitrogen and oxygen atoms in total. The average Bonchev–Trinajstić information content (AvgIpc) is 2.65. The van der Waals surface area contributed by atoms with Gasteiger partial charge in [0.25, 0.3) is 0 Å². The van der Waals surface area contributed by atoms with E-state index in [0.29, 0.717) is 32.3 Å². The van der Waals surface area contributed by atoms with E-state index in [0.717, 1.165) is 14.7 Å². The summed E-state index contributed by atoms with van der Waals surface area (Å²) in [7, 11) is 0. The van der Waals surface area contributed by atoms with E-state index in [1.807, 2.05) is 30.4 Å². The summed E-state index contributed by atoms with van der Waals surface area (Å²) in [6.45, 7) is 1.22. The van der Waals surface area contributed by atoms with Crippen LogP contribution in [0.4, 0.5) is 4.39 Å². The normalized spacial score (nSPS) is 11.2. The Bertz CT molecular complexity index is 694. The van der Waals surface area contributed by atoms with Gasteiger partial charge < -0.3 is 19.3 Å². The minimum absolute atomic E-state index is 0.107. The van der Waals surface area contributed by atoms with E-state index in [2.05, 4.69) is 27.6 Å². The van der Waals surface area contributed by atoms with Crippen LogP contribution in [-0.2, 0) is 9.47 Å². The van der Waals surface area contributed by atoms with Crippen molar-refractivity contribution in [2.24, 2.45) is 0 Å². The van der Waals surface area contributed by atoms with E-state index in [1.165, 1.54) is 0 Å². The third-order valence-corrected chi connectivity index (χ3v) is 4.02. The molecule has 0 saturated heterocycles. The topological polar surface area (TPSA) is 60.8 Å². The van der Waals surface area contributed by atoms with Crippen molar-refractivity contribution in [1.29, 1.82) is 0 Å². The van der Waals surface area contributed by atoms with Crippen molar-refractivity contribution in [2.75, 3.05) is 39.7 Å². The number of phenols is 1. The second-order valence-corrected chi connectivity index (χ2v) is 6.40. The molecule has 140 valence electrons. The first kappa shape index (κ1) is 20.6. The molecule has 0 radical (unpaired) electrons. The predicted octanol–water partition coefficient (Wildman–Crippen LogP) is 3.94. The van der Waals surface area contributed by atoms with Gasteiger partial charge in [0.05, 0.1) is 30.0 Å². The number of halogens is 2. The highest BCUT2D eigenvalue weighted by molar-refractivity contribution is 14.1. The summed E-state index contributed by atoms with van der Waals surface area (Å²) in [5, 5.41) is 9.28. The lowest BCUT2D eigenvalue weighted by Gasteiger charge is -2.08. The zero-order valence-electron chi connectivity index (χ0n) is 14.2. The molecule has 0 aliphatic heterocycles. The summed E-state index contributed by atoms with van der Waals surface area (Å²) >= 11 is 2.18. The molecular weight excluding hydrogens is 452 g/mol. The van der Waals surface area contributed by atoms with Crippen LogP contribution in [0.3, 0.4) is 0 Å². The Morgan fingerprint density at radius 1 is 0.962 bits per heavy atom. The molecule has 26 heavy (non-hydrogen) atoms. The van der Waals surface area contributed by atoms with E-state index < -0.39 is 6.67 Å². The molecule has 0 aliphatic rings. The molecule has 0 aliphatic carbocycles. The molecule has 0 spiro atoms. The summed E-state index contributed by atoms with van der Waals surface area (Å²) < 4.78 is 28.6. The van der Waals surface area contributed by atoms with Crippen LogP contribution in [0.5, 0.6) is 11.6 Å². The largest absolute Gasteiger partial charge is 0.508 e. The summed E-state index contributed by atoms with van der Waals surface area (Å²) in [5.41, 5.74) is 1.95. The monoisotopic (exact) mass is 473 g/mol. The van der Waals surface area contributed by atoms with Crippen molar-refractivity contribution in [3.8, 4) is 11.6 Å². The number of phenolic OH excluding ortho intramolecular Hbond substituents is 1. The molecule has 1 aromatic heterocycles. The second kappa shape index (κ2) is 11.8. The molecule has 0 bridgehead atoms. The van der Waals surface area contributed by atoms with Crippen molar-refractivity contribution in [3.05, 3.63) is 51.2 Å². The fourth-order valence-corrected chi connectivity index (χ4v) is 2.64. The Morgan fingerprint density at radius 3 is 2.31 bits per heavy atom. The van der Waals surface area contributed by atoms with Gasteiger partial charge in [0.15, 0.2) is 0 Å². The Kier molecular flexibility index (Phi) is 9.36. The van der Waals surface area contributed by atoms with Crippen LogP contribution in [0.1, 0.15) is 11.1 Å². The molecule has 1 N–H and O–H groups in total. The smallest absolute Gasteiger partial charge is 0.227 e. The molecule has 0 fully saturated rings. The van der Waals surface area contributed by atoms with Crippen LogP contribution in [-0.4, -0.2) is 49.8 Å². The summed E-state index contributed by atoms with van der Waals surface area (Å²) in [4.78, 5) is 4.32. The van der Waals surface area contributed by atoms with Gasteiger partial charge in [-0.25, -0.2) is 9.37 Å². The summed E-state index contributed by atoms with van der Waals surface area (Å²) in [6.07, 6.45) is 5.64. The maximum atomic E-state index is 11.8. The quantitative estimate of drug-likeness (QED) is 0.396. The number of aromatic hydroxyl groups is 1. The number of hydrogen-bond acceptors (Lipinski definition) is 5. The van der Waals surface area contributed by atoms with Crippen LogP contribution < -0.4 is 4.74 Å². The third-order valence-electron chi connectivity index (χ3n) is 3.25. The highest BCUT2D eigenvalue weighted by atomic mass is 127. The second-order valence-electron chi connectivity index (χ2n) is 5.24. The zero-order chi connectivity index (χ0) is 18.6. The number of ether oxygens (including phenoxy) is 3. The number of alkyl halides is 1. The molecule has 1 heterocycles. The first-order chi connectivity index (χ1) is 12.7. The van der Waals surface area contributed by atoms with Crippen molar-refractivity contribution in [2.45, 2.75) is 0 Å². The first-order valence-corrected chi connectivity index (χ1v) is 9.24. The fourth-order valence-electron chi connectivity index (χ4n) is 1.99. The van der Waals surface area contributed by atoms with E-state index in [9.17, 15) is 9.50 Å². The number of rotatable bonds is 11. The van der Waals surface area contributed by atoms with E-state index >= 15 is 0 Å². The van der Waals surface area contributed by atoms with Crippen LogP contribution in [0.2, 0.25) is 0 Å². The van der Waals surface area contributed by atoms with E-state index in [1.54, 1.807) is 18.3 Å². The molecule has 1 aromatic carbocycles. The van der Waals surface area contributed by atoms with Gasteiger partial charge in [-0.2, -0.15) is 0 Å². The Hall–Kier alpha value is -1.71. The Labute approximate surface area is 166 Å². The Morgan fingerprint density at radius 2 is 1.62 bits per heavy atom. The lowest BCUT2D eigenvalue weighted by molar-refractivity contribution is 0.0319. The van der Waals surface area contributed by atoms with Gasteiger partial charge in [0.2, 0.25) is 5.88 Å². The SMILES string of the molecule is Oc1ccc(C=Cc2cnc(OCCOCCOCCF)c(I)c2)cc1. The van der Waals surface area contributed by atoms with Crippen molar-refractivity contribution in [3.63, 3.8) is 0 Å². The lowest BCUT2D eigenvalue weighted by atomic mass is 10.1. The lowest BCUT2D eigenvalue weighted by Crippen LogP contribution is -2.12. The van der Waals surface area contributed by atoms with Gasteiger partial charge >= 0.3 is 0 Å². The number of hydrogen-bond donors (Lipinski definition) is 1. The standard InChI is InChI=1S/C19H21FINO4/c20-7-8-24-9-10-25-11-12-26-19-18(21)13-16(14-22-19)2-1-15-3-5-17(23)6-4-15/h1-6,13-14,23H,7-12H2. The minimum Gasteiger partial charge on any atom is -0.508 e. The Balaban J connectivity index is 1.75. The molecule has 0 saturated carbocycles. The first-order valence-electron chi connectivity index (χ1n) is 8.16. The van der Waals surface area contributed by atoms with Gasteiger partial charge in [0.1, 0.15) is 19.0 Å². The maximum absolute atomic E-state index is 11.8. The minimum atomic E-state index is -0.479. The van der Waals surface area contributed by atoms with Crippen LogP contribution in [0.25, 0.3) is 12.2 Å². The number of benzene rings is 1. The van der Waals surface area contributed by atoms with Crippen LogP contribution >= 0.6 is 22.6 Å². The number of nitrogens with zero attached hydrogens (tertiary/aromatic N) is 1. The number of pyridine rings is 1. The van der Waals surface area contributed by atoms with Crippen molar-refractivity contribution in [1.82, 2.24) is 4.98 Å². The maximum Gasteiger partial charge on any atom is 0.227 e. The van der Waals surface area contributed by atoms with E-state index in [4.69, 9.17) is 14.2 Å². The molecule has 0 atom stereocenters. The van der Waals surface area contributed by atoms with Gasteiger partial charge in [-0.1, -0.05) is 24.3 Å². The molecule has 2 aromatic rings. The molecule has 7 heteroatoms. The van der Waals surface area contributed by atoms with Gasteiger partial charge in [-0.15, -0.1) is 0 Å². The molecule has 2 rings (SSSR count). The molecule has 0 unspecified atom stereocenters. The van der Waals surface area contributed by atoms with Crippen LogP contribution in [0.15, 0.2) is 36.5 Å². The highest BCUT2D eigenvalue weighted by Crippen LogP contribution is 2.20. The van der Waals surface area contributed by atoms with Gasteiger partial charge in [-0.05, 0) is 51.9 Å². The predicted molar refractivity (Wildman–Crippen MR) is 107 cm³/mol.